The molecule has 0 fully saturated rings. The molecule has 0 aliphatic heterocycles. The number of hydrogen-bond donors (Lipinski definition) is 4. The summed E-state index contributed by atoms with van der Waals surface area (Å²) in [5, 5.41) is 2.12. The zero-order chi connectivity index (χ0) is 12.8. The second kappa shape index (κ2) is 6.49. The van der Waals surface area contributed by atoms with E-state index < -0.39 is 23.3 Å². The molecule has 7 heteroatoms. The van der Waals surface area contributed by atoms with Crippen LogP contribution in [0.15, 0.2) is 0 Å². The highest BCUT2D eigenvalue weighted by Gasteiger charge is 2.35. The van der Waals surface area contributed by atoms with Crippen LogP contribution >= 0.6 is 12.6 Å². The predicted molar refractivity (Wildman–Crippen MR) is 62.6 cm³/mol. The molecule has 16 heavy (non-hydrogen) atoms. The first-order valence-electron chi connectivity index (χ1n) is 4.88. The van der Waals surface area contributed by atoms with Crippen LogP contribution in [0.25, 0.3) is 0 Å². The van der Waals surface area contributed by atoms with Crippen LogP contribution in [-0.2, 0) is 14.4 Å². The molecule has 5 N–H and O–H groups in total. The topological polar surface area (TPSA) is 115 Å². The van der Waals surface area contributed by atoms with Gasteiger partial charge in [-0.3, -0.25) is 19.7 Å². The third-order valence-electron chi connectivity index (χ3n) is 1.95. The van der Waals surface area contributed by atoms with E-state index in [9.17, 15) is 14.4 Å². The smallest absolute Gasteiger partial charge is 0.248 e. The van der Waals surface area contributed by atoms with E-state index in [1.165, 1.54) is 0 Å². The van der Waals surface area contributed by atoms with E-state index in [-0.39, 0.29) is 18.6 Å². The van der Waals surface area contributed by atoms with Crippen molar-refractivity contribution in [2.24, 2.45) is 11.5 Å². The van der Waals surface area contributed by atoms with Crippen molar-refractivity contribution in [3.8, 4) is 0 Å². The maximum atomic E-state index is 11.6. The molecule has 0 aromatic heterocycles. The summed E-state index contributed by atoms with van der Waals surface area (Å²) >= 11 is 3.88. The largest absolute Gasteiger partial charge is 0.370 e. The van der Waals surface area contributed by atoms with E-state index >= 15 is 0 Å². The first kappa shape index (κ1) is 14.9. The van der Waals surface area contributed by atoms with E-state index in [4.69, 9.17) is 11.5 Å². The van der Waals surface area contributed by atoms with Crippen LogP contribution < -0.4 is 16.8 Å². The lowest BCUT2D eigenvalue weighted by atomic mass is 9.97. The average Bonchev–Trinajstić information content (AvgIpc) is 2.16. The van der Waals surface area contributed by atoms with E-state index in [0.29, 0.717) is 6.42 Å². The van der Waals surface area contributed by atoms with Crippen molar-refractivity contribution >= 4 is 30.4 Å². The Morgan fingerprint density at radius 2 is 1.94 bits per heavy atom. The van der Waals surface area contributed by atoms with E-state index in [1.807, 2.05) is 6.92 Å². The van der Waals surface area contributed by atoms with Crippen molar-refractivity contribution in [3.05, 3.63) is 0 Å². The average molecular weight is 247 g/mol. The molecule has 6 nitrogen and oxygen atoms in total. The summed E-state index contributed by atoms with van der Waals surface area (Å²) in [4.78, 5) is 33.5. The molecule has 0 heterocycles. The molecule has 0 unspecified atom stereocenters. The fourth-order valence-corrected chi connectivity index (χ4v) is 1.31. The number of carbonyl (C=O) groups is 3. The van der Waals surface area contributed by atoms with Gasteiger partial charge in [0.25, 0.3) is 0 Å². The molecule has 0 aromatic rings. The van der Waals surface area contributed by atoms with E-state index in [2.05, 4.69) is 17.9 Å². The summed E-state index contributed by atoms with van der Waals surface area (Å²) in [6.45, 7) is 1.81. The first-order valence-corrected chi connectivity index (χ1v) is 5.51. The molecule has 0 radical (unpaired) electrons. The molecule has 0 aliphatic carbocycles. The number of nitrogens with one attached hydrogen (secondary N) is 1. The highest BCUT2D eigenvalue weighted by atomic mass is 32.1. The van der Waals surface area contributed by atoms with Crippen molar-refractivity contribution < 1.29 is 14.4 Å². The van der Waals surface area contributed by atoms with Crippen LogP contribution in [0.5, 0.6) is 0 Å². The molecule has 0 aliphatic rings. The number of primary amides is 1. The Labute approximate surface area is 99.5 Å². The summed E-state index contributed by atoms with van der Waals surface area (Å²) < 4.78 is 0. The molecular weight excluding hydrogens is 230 g/mol. The van der Waals surface area contributed by atoms with Gasteiger partial charge >= 0.3 is 0 Å². The number of amides is 3. The van der Waals surface area contributed by atoms with Gasteiger partial charge in [0.05, 0.1) is 6.42 Å². The van der Waals surface area contributed by atoms with Crippen molar-refractivity contribution in [1.29, 1.82) is 0 Å². The zero-order valence-electron chi connectivity index (χ0n) is 9.16. The van der Waals surface area contributed by atoms with Gasteiger partial charge < -0.3 is 11.5 Å². The quantitative estimate of drug-likeness (QED) is 0.447. The van der Waals surface area contributed by atoms with Gasteiger partial charge in [0.1, 0.15) is 5.54 Å². The minimum Gasteiger partial charge on any atom is -0.370 e. The Kier molecular flexibility index (Phi) is 6.05. The van der Waals surface area contributed by atoms with Crippen LogP contribution in [0.1, 0.15) is 26.2 Å². The highest BCUT2D eigenvalue weighted by Crippen LogP contribution is 2.09. The molecule has 0 saturated heterocycles. The van der Waals surface area contributed by atoms with Gasteiger partial charge in [-0.2, -0.15) is 12.6 Å². The third kappa shape index (κ3) is 4.63. The van der Waals surface area contributed by atoms with Crippen molar-refractivity contribution in [3.63, 3.8) is 0 Å². The number of imide groups is 1. The number of hydrogen-bond acceptors (Lipinski definition) is 5. The summed E-state index contributed by atoms with van der Waals surface area (Å²) in [5.74, 6) is -1.93. The lowest BCUT2D eigenvalue weighted by Gasteiger charge is -2.24. The molecule has 0 rings (SSSR count). The van der Waals surface area contributed by atoms with E-state index in [0.717, 1.165) is 0 Å². The fraction of sp³-hybridized carbons (Fsp3) is 0.667. The summed E-state index contributed by atoms with van der Waals surface area (Å²) in [7, 11) is 0. The SMILES string of the molecule is CCCC(=O)NC(=O)[C@](N)(CS)CC(N)=O. The summed E-state index contributed by atoms with van der Waals surface area (Å²) in [6, 6.07) is 0. The van der Waals surface area contributed by atoms with Crippen molar-refractivity contribution in [2.75, 3.05) is 5.75 Å². The van der Waals surface area contributed by atoms with Gasteiger partial charge in [0, 0.05) is 12.2 Å². The normalized spacial score (nSPS) is 13.9. The molecule has 3 amide bonds. The number of nitrogens with two attached hydrogens (primary N) is 2. The van der Waals surface area contributed by atoms with Crippen molar-refractivity contribution in [2.45, 2.75) is 31.7 Å². The van der Waals surface area contributed by atoms with Crippen LogP contribution in [0.4, 0.5) is 0 Å². The van der Waals surface area contributed by atoms with Gasteiger partial charge in [-0.1, -0.05) is 6.92 Å². The Morgan fingerprint density at radius 1 is 1.38 bits per heavy atom. The third-order valence-corrected chi connectivity index (χ3v) is 2.52. The Morgan fingerprint density at radius 3 is 2.31 bits per heavy atom. The maximum absolute atomic E-state index is 11.6. The maximum Gasteiger partial charge on any atom is 0.248 e. The Bertz CT molecular complexity index is 296. The van der Waals surface area contributed by atoms with Crippen LogP contribution in [0, 0.1) is 0 Å². The monoisotopic (exact) mass is 247 g/mol. The lowest BCUT2D eigenvalue weighted by molar-refractivity contribution is -0.135. The molecule has 1 atom stereocenters. The van der Waals surface area contributed by atoms with Crippen LogP contribution in [0.3, 0.4) is 0 Å². The fourth-order valence-electron chi connectivity index (χ4n) is 1.06. The Hall–Kier alpha value is -1.08. The molecule has 0 aromatic carbocycles. The number of rotatable bonds is 6. The van der Waals surface area contributed by atoms with Crippen LogP contribution in [-0.4, -0.2) is 29.0 Å². The Balaban J connectivity index is 4.52. The lowest BCUT2D eigenvalue weighted by Crippen LogP contribution is -2.58. The highest BCUT2D eigenvalue weighted by molar-refractivity contribution is 7.80. The summed E-state index contributed by atoms with van der Waals surface area (Å²) in [5.41, 5.74) is 9.08. The number of thiol groups is 1. The second-order valence-electron chi connectivity index (χ2n) is 3.58. The molecule has 0 saturated carbocycles. The standard InChI is InChI=1S/C9H17N3O3S/c1-2-3-7(14)12-8(15)9(11,5-16)4-6(10)13/h16H,2-5,11H2,1H3,(H2,10,13)(H,12,14,15)/t9-/m1/s1. The molecule has 0 spiro atoms. The molecule has 92 valence electrons. The van der Waals surface area contributed by atoms with Gasteiger partial charge in [-0.25, -0.2) is 0 Å². The zero-order valence-corrected chi connectivity index (χ0v) is 10.0. The van der Waals surface area contributed by atoms with Gasteiger partial charge in [-0.05, 0) is 6.42 Å². The van der Waals surface area contributed by atoms with Crippen LogP contribution in [0.2, 0.25) is 0 Å². The second-order valence-corrected chi connectivity index (χ2v) is 3.90. The summed E-state index contributed by atoms with van der Waals surface area (Å²) in [6.07, 6.45) is 0.500. The van der Waals surface area contributed by atoms with Gasteiger partial charge in [-0.15, -0.1) is 0 Å². The van der Waals surface area contributed by atoms with Gasteiger partial charge in [0.15, 0.2) is 0 Å². The van der Waals surface area contributed by atoms with Gasteiger partial charge in [0.2, 0.25) is 17.7 Å². The molecule has 0 bridgehead atoms. The predicted octanol–water partition coefficient (Wildman–Crippen LogP) is -1.07. The first-order chi connectivity index (χ1) is 7.35. The van der Waals surface area contributed by atoms with Crippen molar-refractivity contribution in [1.82, 2.24) is 5.32 Å². The minimum atomic E-state index is -1.53. The van der Waals surface area contributed by atoms with E-state index in [1.54, 1.807) is 0 Å². The number of carbonyl (C=O) groups excluding carboxylic acids is 3. The minimum absolute atomic E-state index is 0.0683. The molecular formula is C9H17N3O3S.